The van der Waals surface area contributed by atoms with Crippen molar-refractivity contribution in [2.24, 2.45) is 14.1 Å². The molecule has 2 aliphatic rings. The second-order valence-electron chi connectivity index (χ2n) is 6.98. The number of aromatic nitrogens is 2. The SMILES string of the molecule is CC(=O)N1CCC[C@H]1[C@H]1CCCN1Cc1cc(=O)n(C)c(=O)n1C. The minimum Gasteiger partial charge on any atom is -0.338 e. The molecular weight excluding hydrogens is 308 g/mol. The average molecular weight is 334 g/mol. The van der Waals surface area contributed by atoms with Crippen LogP contribution >= 0.6 is 0 Å². The lowest BCUT2D eigenvalue weighted by Gasteiger charge is -2.34. The Morgan fingerprint density at radius 3 is 2.46 bits per heavy atom. The van der Waals surface area contributed by atoms with Crippen LogP contribution in [0.2, 0.25) is 0 Å². The molecule has 0 saturated carbocycles. The van der Waals surface area contributed by atoms with E-state index >= 15 is 0 Å². The number of amides is 1. The summed E-state index contributed by atoms with van der Waals surface area (Å²) in [5.74, 6) is 0.144. The summed E-state index contributed by atoms with van der Waals surface area (Å²) in [6, 6.07) is 2.12. The molecule has 1 amide bonds. The molecule has 0 unspecified atom stereocenters. The summed E-state index contributed by atoms with van der Waals surface area (Å²) in [5.41, 5.74) is 0.178. The van der Waals surface area contributed by atoms with Crippen molar-refractivity contribution in [3.8, 4) is 0 Å². The third kappa shape index (κ3) is 2.92. The summed E-state index contributed by atoms with van der Waals surface area (Å²) >= 11 is 0. The van der Waals surface area contributed by atoms with Crippen LogP contribution in [0.4, 0.5) is 0 Å². The monoisotopic (exact) mass is 334 g/mol. The molecule has 24 heavy (non-hydrogen) atoms. The van der Waals surface area contributed by atoms with Crippen molar-refractivity contribution in [1.29, 1.82) is 0 Å². The standard InChI is InChI=1S/C17H26N4O3/c1-12(22)21-9-5-7-15(21)14-6-4-8-20(14)11-13-10-16(23)19(3)17(24)18(13)2/h10,14-15H,4-9,11H2,1-3H3/t14-,15+/m1/s1. The minimum absolute atomic E-state index is 0.144. The Morgan fingerprint density at radius 1 is 1.08 bits per heavy atom. The topological polar surface area (TPSA) is 67.6 Å². The molecule has 0 N–H and O–H groups in total. The van der Waals surface area contributed by atoms with Gasteiger partial charge in [-0.25, -0.2) is 4.79 Å². The molecule has 2 saturated heterocycles. The molecule has 2 atom stereocenters. The smallest absolute Gasteiger partial charge is 0.330 e. The summed E-state index contributed by atoms with van der Waals surface area (Å²) in [6.45, 7) is 4.00. The van der Waals surface area contributed by atoms with Crippen LogP contribution in [0.5, 0.6) is 0 Å². The molecule has 0 spiro atoms. The maximum Gasteiger partial charge on any atom is 0.330 e. The molecule has 3 heterocycles. The van der Waals surface area contributed by atoms with Crippen LogP contribution in [0.3, 0.4) is 0 Å². The van der Waals surface area contributed by atoms with E-state index in [4.69, 9.17) is 0 Å². The van der Waals surface area contributed by atoms with Crippen molar-refractivity contribution in [2.75, 3.05) is 13.1 Å². The molecule has 2 fully saturated rings. The van der Waals surface area contributed by atoms with Crippen molar-refractivity contribution < 1.29 is 4.79 Å². The van der Waals surface area contributed by atoms with Gasteiger partial charge in [-0.15, -0.1) is 0 Å². The molecule has 0 aliphatic carbocycles. The van der Waals surface area contributed by atoms with E-state index in [-0.39, 0.29) is 23.2 Å². The van der Waals surface area contributed by atoms with Gasteiger partial charge in [0.05, 0.1) is 0 Å². The van der Waals surface area contributed by atoms with E-state index in [2.05, 4.69) is 4.90 Å². The van der Waals surface area contributed by atoms with Gasteiger partial charge in [-0.05, 0) is 32.2 Å². The van der Waals surface area contributed by atoms with Gasteiger partial charge in [0, 0.05) is 58.0 Å². The first-order valence-electron chi connectivity index (χ1n) is 8.67. The van der Waals surface area contributed by atoms with E-state index in [1.54, 1.807) is 24.6 Å². The van der Waals surface area contributed by atoms with E-state index in [1.807, 2.05) is 4.90 Å². The van der Waals surface area contributed by atoms with Crippen LogP contribution in [-0.2, 0) is 25.4 Å². The van der Waals surface area contributed by atoms with Crippen molar-refractivity contribution >= 4 is 5.91 Å². The molecule has 7 nitrogen and oxygen atoms in total. The average Bonchev–Trinajstić information content (AvgIpc) is 3.18. The van der Waals surface area contributed by atoms with Gasteiger partial charge >= 0.3 is 5.69 Å². The predicted octanol–water partition coefficient (Wildman–Crippen LogP) is 0.0593. The van der Waals surface area contributed by atoms with Gasteiger partial charge in [-0.3, -0.25) is 23.6 Å². The van der Waals surface area contributed by atoms with Gasteiger partial charge in [0.2, 0.25) is 5.91 Å². The van der Waals surface area contributed by atoms with E-state index in [0.717, 1.165) is 49.0 Å². The largest absolute Gasteiger partial charge is 0.338 e. The first-order valence-corrected chi connectivity index (χ1v) is 8.67. The highest BCUT2D eigenvalue weighted by Crippen LogP contribution is 2.30. The zero-order valence-corrected chi connectivity index (χ0v) is 14.7. The van der Waals surface area contributed by atoms with Crippen molar-refractivity contribution in [3.63, 3.8) is 0 Å². The highest BCUT2D eigenvalue weighted by atomic mass is 16.2. The van der Waals surface area contributed by atoms with Crippen molar-refractivity contribution in [2.45, 2.75) is 51.2 Å². The Kier molecular flexibility index (Phi) is 4.62. The van der Waals surface area contributed by atoms with E-state index in [0.29, 0.717) is 12.6 Å². The summed E-state index contributed by atoms with van der Waals surface area (Å²) in [4.78, 5) is 40.3. The molecule has 0 radical (unpaired) electrons. The van der Waals surface area contributed by atoms with Crippen LogP contribution in [0.1, 0.15) is 38.3 Å². The van der Waals surface area contributed by atoms with Crippen molar-refractivity contribution in [3.05, 3.63) is 32.6 Å². The quantitative estimate of drug-likeness (QED) is 0.784. The summed E-state index contributed by atoms with van der Waals surface area (Å²) in [5, 5.41) is 0. The summed E-state index contributed by atoms with van der Waals surface area (Å²) in [6.07, 6.45) is 4.24. The molecular formula is C17H26N4O3. The lowest BCUT2D eigenvalue weighted by atomic mass is 10.0. The fourth-order valence-corrected chi connectivity index (χ4v) is 4.21. The molecule has 1 aromatic heterocycles. The summed E-state index contributed by atoms with van der Waals surface area (Å²) in [7, 11) is 3.20. The van der Waals surface area contributed by atoms with Gasteiger partial charge in [-0.2, -0.15) is 0 Å². The Hall–Kier alpha value is -1.89. The van der Waals surface area contributed by atoms with E-state index in [9.17, 15) is 14.4 Å². The lowest BCUT2D eigenvalue weighted by Crippen LogP contribution is -2.48. The third-order valence-corrected chi connectivity index (χ3v) is 5.55. The van der Waals surface area contributed by atoms with Gasteiger partial charge < -0.3 is 4.90 Å². The number of rotatable bonds is 3. The zero-order chi connectivity index (χ0) is 17.4. The van der Waals surface area contributed by atoms with Crippen LogP contribution in [-0.4, -0.2) is 50.0 Å². The first kappa shape index (κ1) is 17.0. The molecule has 1 aromatic rings. The van der Waals surface area contributed by atoms with Crippen molar-refractivity contribution in [1.82, 2.24) is 18.9 Å². The van der Waals surface area contributed by atoms with Crippen LogP contribution < -0.4 is 11.2 Å². The maximum absolute atomic E-state index is 12.1. The van der Waals surface area contributed by atoms with Crippen LogP contribution in [0.25, 0.3) is 0 Å². The normalized spacial score (nSPS) is 24.7. The van der Waals surface area contributed by atoms with Crippen LogP contribution in [0.15, 0.2) is 15.7 Å². The van der Waals surface area contributed by atoms with Gasteiger partial charge in [0.1, 0.15) is 0 Å². The van der Waals surface area contributed by atoms with Crippen LogP contribution in [0, 0.1) is 0 Å². The third-order valence-electron chi connectivity index (χ3n) is 5.55. The second kappa shape index (κ2) is 6.55. The molecule has 132 valence electrons. The Morgan fingerprint density at radius 2 is 1.75 bits per heavy atom. The van der Waals surface area contributed by atoms with Gasteiger partial charge in [0.25, 0.3) is 5.56 Å². The zero-order valence-electron chi connectivity index (χ0n) is 14.7. The highest BCUT2D eigenvalue weighted by molar-refractivity contribution is 5.74. The molecule has 0 bridgehead atoms. The lowest BCUT2D eigenvalue weighted by molar-refractivity contribution is -0.130. The first-order chi connectivity index (χ1) is 11.4. The Labute approximate surface area is 141 Å². The Bertz CT molecular complexity index is 751. The van der Waals surface area contributed by atoms with E-state index < -0.39 is 0 Å². The molecule has 3 rings (SSSR count). The van der Waals surface area contributed by atoms with Gasteiger partial charge in [-0.1, -0.05) is 0 Å². The van der Waals surface area contributed by atoms with Gasteiger partial charge in [0.15, 0.2) is 0 Å². The fraction of sp³-hybridized carbons (Fsp3) is 0.706. The molecule has 0 aromatic carbocycles. The number of hydrogen-bond acceptors (Lipinski definition) is 4. The Balaban J connectivity index is 1.84. The fourth-order valence-electron chi connectivity index (χ4n) is 4.21. The number of carbonyl (C=O) groups excluding carboxylic acids is 1. The maximum atomic E-state index is 12.1. The number of hydrogen-bond donors (Lipinski definition) is 0. The van der Waals surface area contributed by atoms with E-state index in [1.165, 1.54) is 7.05 Å². The number of likely N-dealkylation sites (tertiary alicyclic amines) is 2. The second-order valence-corrected chi connectivity index (χ2v) is 6.98. The number of nitrogens with zero attached hydrogens (tertiary/aromatic N) is 4. The predicted molar refractivity (Wildman–Crippen MR) is 90.8 cm³/mol. The highest BCUT2D eigenvalue weighted by Gasteiger charge is 2.38. The molecule has 7 heteroatoms. The molecule has 2 aliphatic heterocycles. The summed E-state index contributed by atoms with van der Waals surface area (Å²) < 4.78 is 2.67. The minimum atomic E-state index is -0.292. The number of carbonyl (C=O) groups is 1.